The standard InChI is InChI=1S/C14H20N2O4/c1-14(2,3)20-13(18)16-8-7-15-6-5-10(11(15)9-16)12(17)19-4/h5-6H,7-9H2,1-4H3. The third kappa shape index (κ3) is 2.95. The number of ether oxygens (including phenoxy) is 2. The Bertz CT molecular complexity index is 528. The average Bonchev–Trinajstić information content (AvgIpc) is 2.78. The molecule has 0 fully saturated rings. The van der Waals surface area contributed by atoms with Crippen molar-refractivity contribution in [2.45, 2.75) is 39.5 Å². The van der Waals surface area contributed by atoms with Crippen LogP contribution in [0.1, 0.15) is 36.8 Å². The number of fused-ring (bicyclic) bond motifs is 1. The van der Waals surface area contributed by atoms with Crippen LogP contribution >= 0.6 is 0 Å². The van der Waals surface area contributed by atoms with E-state index in [1.54, 1.807) is 11.0 Å². The zero-order chi connectivity index (χ0) is 14.9. The summed E-state index contributed by atoms with van der Waals surface area (Å²) in [7, 11) is 1.35. The van der Waals surface area contributed by atoms with Crippen molar-refractivity contribution in [2.75, 3.05) is 13.7 Å². The molecule has 0 aromatic carbocycles. The molecule has 2 heterocycles. The first-order valence-corrected chi connectivity index (χ1v) is 6.56. The summed E-state index contributed by atoms with van der Waals surface area (Å²) in [6, 6.07) is 1.72. The number of hydrogen-bond acceptors (Lipinski definition) is 4. The van der Waals surface area contributed by atoms with E-state index < -0.39 is 5.60 Å². The van der Waals surface area contributed by atoms with Crippen molar-refractivity contribution in [3.63, 3.8) is 0 Å². The van der Waals surface area contributed by atoms with Gasteiger partial charge in [0.15, 0.2) is 0 Å². The molecular weight excluding hydrogens is 260 g/mol. The van der Waals surface area contributed by atoms with E-state index in [-0.39, 0.29) is 12.1 Å². The first-order chi connectivity index (χ1) is 9.31. The summed E-state index contributed by atoms with van der Waals surface area (Å²) in [6.45, 7) is 7.06. The van der Waals surface area contributed by atoms with Crippen molar-refractivity contribution in [3.05, 3.63) is 23.5 Å². The molecule has 1 aliphatic heterocycles. The lowest BCUT2D eigenvalue weighted by atomic mass is 10.2. The van der Waals surface area contributed by atoms with Crippen LogP contribution in [0, 0.1) is 0 Å². The molecule has 0 radical (unpaired) electrons. The summed E-state index contributed by atoms with van der Waals surface area (Å²) < 4.78 is 12.1. The maximum absolute atomic E-state index is 12.1. The highest BCUT2D eigenvalue weighted by molar-refractivity contribution is 5.91. The molecule has 20 heavy (non-hydrogen) atoms. The van der Waals surface area contributed by atoms with E-state index in [4.69, 9.17) is 9.47 Å². The van der Waals surface area contributed by atoms with Gasteiger partial charge in [0.05, 0.1) is 24.9 Å². The summed E-state index contributed by atoms with van der Waals surface area (Å²) in [5, 5.41) is 0. The number of nitrogens with zero attached hydrogens (tertiary/aromatic N) is 2. The van der Waals surface area contributed by atoms with Crippen molar-refractivity contribution in [2.24, 2.45) is 0 Å². The van der Waals surface area contributed by atoms with Gasteiger partial charge in [-0.05, 0) is 26.8 Å². The molecule has 2 rings (SSSR count). The average molecular weight is 280 g/mol. The molecule has 110 valence electrons. The van der Waals surface area contributed by atoms with Crippen LogP contribution in [0.15, 0.2) is 12.3 Å². The van der Waals surface area contributed by atoms with Crippen molar-refractivity contribution >= 4 is 12.1 Å². The molecule has 0 bridgehead atoms. The third-order valence-electron chi connectivity index (χ3n) is 3.09. The molecule has 0 unspecified atom stereocenters. The Hall–Kier alpha value is -1.98. The van der Waals surface area contributed by atoms with E-state index in [9.17, 15) is 9.59 Å². The maximum atomic E-state index is 12.1. The van der Waals surface area contributed by atoms with Crippen LogP contribution < -0.4 is 0 Å². The molecule has 0 N–H and O–H groups in total. The number of carbonyl (C=O) groups excluding carboxylic acids is 2. The fraction of sp³-hybridized carbons (Fsp3) is 0.571. The lowest BCUT2D eigenvalue weighted by Crippen LogP contribution is -2.41. The van der Waals surface area contributed by atoms with Crippen LogP contribution in [0.2, 0.25) is 0 Å². The fourth-order valence-corrected chi connectivity index (χ4v) is 2.16. The molecule has 0 saturated carbocycles. The lowest BCUT2D eigenvalue weighted by Gasteiger charge is -2.31. The SMILES string of the molecule is COC(=O)c1ccn2c1CN(C(=O)OC(C)(C)C)CC2. The lowest BCUT2D eigenvalue weighted by molar-refractivity contribution is 0.0196. The van der Waals surface area contributed by atoms with E-state index in [0.29, 0.717) is 25.2 Å². The highest BCUT2D eigenvalue weighted by atomic mass is 16.6. The number of carbonyl (C=O) groups is 2. The van der Waals surface area contributed by atoms with Crippen LogP contribution in [0.25, 0.3) is 0 Å². The minimum Gasteiger partial charge on any atom is -0.465 e. The Morgan fingerprint density at radius 2 is 1.95 bits per heavy atom. The van der Waals surface area contributed by atoms with Gasteiger partial charge in [-0.3, -0.25) is 0 Å². The Morgan fingerprint density at radius 3 is 2.55 bits per heavy atom. The molecule has 6 heteroatoms. The van der Waals surface area contributed by atoms with Gasteiger partial charge in [0.25, 0.3) is 0 Å². The second-order valence-electron chi connectivity index (χ2n) is 5.76. The largest absolute Gasteiger partial charge is 0.465 e. The number of amides is 1. The summed E-state index contributed by atoms with van der Waals surface area (Å²) in [5.74, 6) is -0.384. The topological polar surface area (TPSA) is 60.8 Å². The zero-order valence-corrected chi connectivity index (χ0v) is 12.3. The highest BCUT2D eigenvalue weighted by Gasteiger charge is 2.28. The highest BCUT2D eigenvalue weighted by Crippen LogP contribution is 2.21. The van der Waals surface area contributed by atoms with Gasteiger partial charge < -0.3 is 18.9 Å². The van der Waals surface area contributed by atoms with Gasteiger partial charge >= 0.3 is 12.1 Å². The summed E-state index contributed by atoms with van der Waals surface area (Å²) in [5.41, 5.74) is 0.761. The first-order valence-electron chi connectivity index (χ1n) is 6.56. The molecule has 0 atom stereocenters. The molecule has 0 saturated heterocycles. The van der Waals surface area contributed by atoms with E-state index in [0.717, 1.165) is 5.69 Å². The summed E-state index contributed by atoms with van der Waals surface area (Å²) >= 11 is 0. The number of esters is 1. The van der Waals surface area contributed by atoms with Gasteiger partial charge in [-0.15, -0.1) is 0 Å². The minimum atomic E-state index is -0.526. The molecule has 6 nitrogen and oxygen atoms in total. The molecule has 1 aromatic rings. The second kappa shape index (κ2) is 5.19. The van der Waals surface area contributed by atoms with Crippen LogP contribution in [0.5, 0.6) is 0 Å². The van der Waals surface area contributed by atoms with Gasteiger partial charge in [0, 0.05) is 19.3 Å². The predicted molar refractivity (Wildman–Crippen MR) is 72.4 cm³/mol. The van der Waals surface area contributed by atoms with Gasteiger partial charge in [0.1, 0.15) is 5.60 Å². The monoisotopic (exact) mass is 280 g/mol. The third-order valence-corrected chi connectivity index (χ3v) is 3.09. The quantitative estimate of drug-likeness (QED) is 0.738. The van der Waals surface area contributed by atoms with Gasteiger partial charge in [-0.2, -0.15) is 0 Å². The summed E-state index contributed by atoms with van der Waals surface area (Å²) in [4.78, 5) is 25.4. The van der Waals surface area contributed by atoms with Gasteiger partial charge in [0.2, 0.25) is 0 Å². The normalized spacial score (nSPS) is 14.7. The van der Waals surface area contributed by atoms with E-state index in [1.807, 2.05) is 31.5 Å². The number of methoxy groups -OCH3 is 1. The second-order valence-corrected chi connectivity index (χ2v) is 5.76. The Labute approximate surface area is 118 Å². The van der Waals surface area contributed by atoms with Crippen LogP contribution in [0.3, 0.4) is 0 Å². The van der Waals surface area contributed by atoms with Gasteiger partial charge in [-0.1, -0.05) is 0 Å². The van der Waals surface area contributed by atoms with Crippen LogP contribution in [-0.4, -0.2) is 40.8 Å². The maximum Gasteiger partial charge on any atom is 0.410 e. The van der Waals surface area contributed by atoms with Crippen molar-refractivity contribution in [3.8, 4) is 0 Å². The minimum absolute atomic E-state index is 0.354. The molecule has 0 aliphatic carbocycles. The van der Waals surface area contributed by atoms with Crippen LogP contribution in [0.4, 0.5) is 4.79 Å². The Morgan fingerprint density at radius 1 is 1.25 bits per heavy atom. The molecule has 1 aromatic heterocycles. The first kappa shape index (κ1) is 14.4. The van der Waals surface area contributed by atoms with E-state index >= 15 is 0 Å². The Kier molecular flexibility index (Phi) is 3.74. The molecular formula is C14H20N2O4. The van der Waals surface area contributed by atoms with Crippen LogP contribution in [-0.2, 0) is 22.6 Å². The zero-order valence-electron chi connectivity index (χ0n) is 12.3. The van der Waals surface area contributed by atoms with Crippen molar-refractivity contribution < 1.29 is 19.1 Å². The molecule has 1 amide bonds. The smallest absolute Gasteiger partial charge is 0.410 e. The van der Waals surface area contributed by atoms with E-state index in [1.165, 1.54) is 7.11 Å². The predicted octanol–water partition coefficient (Wildman–Crippen LogP) is 2.03. The molecule has 1 aliphatic rings. The number of hydrogen-bond donors (Lipinski definition) is 0. The Balaban J connectivity index is 2.15. The number of aromatic nitrogens is 1. The number of rotatable bonds is 1. The summed E-state index contributed by atoms with van der Waals surface area (Å²) in [6.07, 6.45) is 1.48. The fourth-order valence-electron chi connectivity index (χ4n) is 2.16. The molecule has 0 spiro atoms. The van der Waals surface area contributed by atoms with Crippen molar-refractivity contribution in [1.29, 1.82) is 0 Å². The van der Waals surface area contributed by atoms with Gasteiger partial charge in [-0.25, -0.2) is 9.59 Å². The van der Waals surface area contributed by atoms with Crippen molar-refractivity contribution in [1.82, 2.24) is 9.47 Å². The van der Waals surface area contributed by atoms with E-state index in [2.05, 4.69) is 0 Å².